The fraction of sp³-hybridized carbons (Fsp3) is 0.600. The van der Waals surface area contributed by atoms with E-state index in [-0.39, 0.29) is 0 Å². The zero-order valence-corrected chi connectivity index (χ0v) is 13.0. The first kappa shape index (κ1) is 15.5. The molecular formula is C15H24N2O2S. The fourth-order valence-electron chi connectivity index (χ4n) is 2.84. The van der Waals surface area contributed by atoms with Crippen molar-refractivity contribution in [2.24, 2.45) is 0 Å². The summed E-state index contributed by atoms with van der Waals surface area (Å²) < 4.78 is 24.4. The van der Waals surface area contributed by atoms with E-state index >= 15 is 0 Å². The summed E-state index contributed by atoms with van der Waals surface area (Å²) in [4.78, 5) is 0. The molecule has 20 heavy (non-hydrogen) atoms. The lowest BCUT2D eigenvalue weighted by Crippen LogP contribution is -2.30. The maximum absolute atomic E-state index is 11.0. The van der Waals surface area contributed by atoms with Gasteiger partial charge in [0, 0.05) is 12.6 Å². The van der Waals surface area contributed by atoms with Crippen molar-refractivity contribution in [3.63, 3.8) is 0 Å². The average Bonchev–Trinajstić information content (AvgIpc) is 2.40. The van der Waals surface area contributed by atoms with Crippen molar-refractivity contribution >= 4 is 10.0 Å². The molecule has 1 aliphatic carbocycles. The van der Waals surface area contributed by atoms with E-state index in [0.717, 1.165) is 19.4 Å². The lowest BCUT2D eigenvalue weighted by Gasteiger charge is -2.30. The summed E-state index contributed by atoms with van der Waals surface area (Å²) in [5.41, 5.74) is 2.85. The topological polar surface area (TPSA) is 58.2 Å². The Labute approximate surface area is 122 Å². The van der Waals surface area contributed by atoms with Gasteiger partial charge in [-0.25, -0.2) is 13.1 Å². The van der Waals surface area contributed by atoms with Crippen LogP contribution in [0, 0.1) is 0 Å². The van der Waals surface area contributed by atoms with Gasteiger partial charge in [0.15, 0.2) is 0 Å². The summed E-state index contributed by atoms with van der Waals surface area (Å²) >= 11 is 0. The largest absolute Gasteiger partial charge is 0.310 e. The van der Waals surface area contributed by atoms with E-state index in [1.807, 2.05) is 0 Å². The predicted molar refractivity (Wildman–Crippen MR) is 82.3 cm³/mol. The van der Waals surface area contributed by atoms with Crippen LogP contribution >= 0.6 is 0 Å². The van der Waals surface area contributed by atoms with Gasteiger partial charge in [-0.2, -0.15) is 0 Å². The van der Waals surface area contributed by atoms with Gasteiger partial charge in [-0.15, -0.1) is 0 Å². The van der Waals surface area contributed by atoms with Crippen LogP contribution in [0.4, 0.5) is 0 Å². The Balaban J connectivity index is 1.84. The third kappa shape index (κ3) is 4.30. The lowest BCUT2D eigenvalue weighted by molar-refractivity contribution is 0.429. The smallest absolute Gasteiger partial charge is 0.208 e. The number of hydrogen-bond acceptors (Lipinski definition) is 3. The first-order valence-electron chi connectivity index (χ1n) is 7.24. The van der Waals surface area contributed by atoms with Crippen LogP contribution < -0.4 is 10.0 Å². The molecule has 0 amide bonds. The summed E-state index contributed by atoms with van der Waals surface area (Å²) in [6, 6.07) is 9.03. The monoisotopic (exact) mass is 296 g/mol. The normalized spacial score (nSPS) is 22.5. The molecule has 0 saturated heterocycles. The molecule has 1 aromatic carbocycles. The zero-order valence-electron chi connectivity index (χ0n) is 12.2. The van der Waals surface area contributed by atoms with Crippen LogP contribution in [-0.4, -0.2) is 27.8 Å². The molecule has 2 rings (SSSR count). The standard InChI is InChI=1S/C15H24N2O2S/c1-12-8-9-15(14-7-4-3-6-13(12)14)16-10-5-11-17-20(2,18)19/h3-4,6-7,12,15-17H,5,8-11H2,1-2H3. The molecule has 1 aromatic rings. The minimum Gasteiger partial charge on any atom is -0.310 e. The van der Waals surface area contributed by atoms with Gasteiger partial charge in [-0.1, -0.05) is 31.2 Å². The predicted octanol–water partition coefficient (Wildman–Crippen LogP) is 2.15. The van der Waals surface area contributed by atoms with Crippen LogP contribution in [0.1, 0.15) is 49.3 Å². The van der Waals surface area contributed by atoms with E-state index in [9.17, 15) is 8.42 Å². The maximum atomic E-state index is 11.0. The minimum absolute atomic E-state index is 0.403. The molecule has 5 heteroatoms. The highest BCUT2D eigenvalue weighted by molar-refractivity contribution is 7.88. The zero-order chi connectivity index (χ0) is 14.6. The van der Waals surface area contributed by atoms with Gasteiger partial charge < -0.3 is 5.32 Å². The molecule has 0 fully saturated rings. The Bertz CT molecular complexity index is 543. The van der Waals surface area contributed by atoms with Crippen LogP contribution in [0.3, 0.4) is 0 Å². The summed E-state index contributed by atoms with van der Waals surface area (Å²) in [5.74, 6) is 0.635. The summed E-state index contributed by atoms with van der Waals surface area (Å²) in [6.07, 6.45) is 4.36. The molecular weight excluding hydrogens is 272 g/mol. The Morgan fingerprint density at radius 3 is 2.55 bits per heavy atom. The first-order valence-corrected chi connectivity index (χ1v) is 9.13. The molecule has 2 atom stereocenters. The molecule has 2 unspecified atom stereocenters. The van der Waals surface area contributed by atoms with Gasteiger partial charge in [-0.05, 0) is 42.9 Å². The van der Waals surface area contributed by atoms with Crippen molar-refractivity contribution in [1.29, 1.82) is 0 Å². The van der Waals surface area contributed by atoms with E-state index in [2.05, 4.69) is 41.2 Å². The third-order valence-electron chi connectivity index (χ3n) is 3.90. The second-order valence-corrected chi connectivity index (χ2v) is 7.47. The molecule has 0 heterocycles. The fourth-order valence-corrected chi connectivity index (χ4v) is 3.35. The maximum Gasteiger partial charge on any atom is 0.208 e. The quantitative estimate of drug-likeness (QED) is 0.791. The van der Waals surface area contributed by atoms with Crippen molar-refractivity contribution in [3.05, 3.63) is 35.4 Å². The SMILES string of the molecule is CC1CCC(NCCCNS(C)(=O)=O)c2ccccc21. The number of fused-ring (bicyclic) bond motifs is 1. The van der Waals surface area contributed by atoms with Crippen LogP contribution in [0.2, 0.25) is 0 Å². The highest BCUT2D eigenvalue weighted by atomic mass is 32.2. The summed E-state index contributed by atoms with van der Waals surface area (Å²) in [5, 5.41) is 3.55. The van der Waals surface area contributed by atoms with Crippen molar-refractivity contribution in [2.75, 3.05) is 19.3 Å². The van der Waals surface area contributed by atoms with Crippen LogP contribution in [0.15, 0.2) is 24.3 Å². The van der Waals surface area contributed by atoms with Gasteiger partial charge in [0.2, 0.25) is 10.0 Å². The van der Waals surface area contributed by atoms with Crippen molar-refractivity contribution < 1.29 is 8.42 Å². The van der Waals surface area contributed by atoms with Gasteiger partial charge in [-0.3, -0.25) is 0 Å². The molecule has 0 saturated carbocycles. The Morgan fingerprint density at radius 1 is 1.15 bits per heavy atom. The lowest BCUT2D eigenvalue weighted by atomic mass is 9.81. The molecule has 1 aliphatic rings. The Hall–Kier alpha value is -0.910. The summed E-state index contributed by atoms with van der Waals surface area (Å²) in [7, 11) is -3.06. The number of hydrogen-bond donors (Lipinski definition) is 2. The Kier molecular flexibility index (Phi) is 5.18. The molecule has 112 valence electrons. The molecule has 0 spiro atoms. The van der Waals surface area contributed by atoms with Gasteiger partial charge in [0.25, 0.3) is 0 Å². The number of nitrogens with one attached hydrogen (secondary N) is 2. The van der Waals surface area contributed by atoms with Gasteiger partial charge in [0.05, 0.1) is 6.26 Å². The highest BCUT2D eigenvalue weighted by Gasteiger charge is 2.23. The second kappa shape index (κ2) is 6.70. The second-order valence-electron chi connectivity index (χ2n) is 5.63. The first-order chi connectivity index (χ1) is 9.47. The minimum atomic E-state index is -3.06. The van der Waals surface area contributed by atoms with Gasteiger partial charge in [0.1, 0.15) is 0 Å². The van der Waals surface area contributed by atoms with Gasteiger partial charge >= 0.3 is 0 Å². The molecule has 0 radical (unpaired) electrons. The average molecular weight is 296 g/mol. The molecule has 4 nitrogen and oxygen atoms in total. The van der Waals surface area contributed by atoms with Crippen molar-refractivity contribution in [3.8, 4) is 0 Å². The Morgan fingerprint density at radius 2 is 1.85 bits per heavy atom. The molecule has 0 bridgehead atoms. The van der Waals surface area contributed by atoms with Crippen molar-refractivity contribution in [1.82, 2.24) is 10.0 Å². The van der Waals surface area contributed by atoms with Crippen LogP contribution in [0.25, 0.3) is 0 Å². The van der Waals surface area contributed by atoms with E-state index in [4.69, 9.17) is 0 Å². The van der Waals surface area contributed by atoms with E-state index in [0.29, 0.717) is 18.5 Å². The summed E-state index contributed by atoms with van der Waals surface area (Å²) in [6.45, 7) is 3.61. The van der Waals surface area contributed by atoms with E-state index in [1.165, 1.54) is 23.8 Å². The van der Waals surface area contributed by atoms with Crippen LogP contribution in [-0.2, 0) is 10.0 Å². The van der Waals surface area contributed by atoms with E-state index < -0.39 is 10.0 Å². The number of sulfonamides is 1. The molecule has 0 aliphatic heterocycles. The molecule has 2 N–H and O–H groups in total. The van der Waals surface area contributed by atoms with Crippen molar-refractivity contribution in [2.45, 2.75) is 38.1 Å². The highest BCUT2D eigenvalue weighted by Crippen LogP contribution is 2.36. The number of benzene rings is 1. The molecule has 0 aromatic heterocycles. The van der Waals surface area contributed by atoms with Crippen LogP contribution in [0.5, 0.6) is 0 Å². The number of rotatable bonds is 6. The van der Waals surface area contributed by atoms with E-state index in [1.54, 1.807) is 0 Å². The third-order valence-corrected chi connectivity index (χ3v) is 4.63.